The maximum atomic E-state index is 12.9. The van der Waals surface area contributed by atoms with Crippen LogP contribution in [0.5, 0.6) is 0 Å². The first-order chi connectivity index (χ1) is 11.7. The molecule has 1 aromatic heterocycles. The van der Waals surface area contributed by atoms with Crippen LogP contribution in [-0.2, 0) is 18.4 Å². The van der Waals surface area contributed by atoms with Crippen molar-refractivity contribution >= 4 is 5.91 Å². The van der Waals surface area contributed by atoms with Crippen molar-refractivity contribution in [1.29, 1.82) is 0 Å². The van der Waals surface area contributed by atoms with Crippen LogP contribution in [0.3, 0.4) is 0 Å². The molecular formula is C18H29N5O. The first-order valence-electron chi connectivity index (χ1n) is 9.54. The fraction of sp³-hybridized carbons (Fsp3) is 0.833. The van der Waals surface area contributed by atoms with E-state index in [1.54, 1.807) is 6.33 Å². The number of likely N-dealkylation sites (tertiary alicyclic amines) is 2. The summed E-state index contributed by atoms with van der Waals surface area (Å²) in [5.74, 6) is 3.25. The fourth-order valence-corrected chi connectivity index (χ4v) is 4.85. The third-order valence-corrected chi connectivity index (χ3v) is 6.39. The Morgan fingerprint density at radius 2 is 1.79 bits per heavy atom. The van der Waals surface area contributed by atoms with Gasteiger partial charge in [-0.15, -0.1) is 0 Å². The third-order valence-electron chi connectivity index (χ3n) is 6.39. The summed E-state index contributed by atoms with van der Waals surface area (Å²) >= 11 is 0. The SMILES string of the molecule is Cn1ncnc1CN1CCC(C(=O)N2CC3CCCCC3C2)CC1. The van der Waals surface area contributed by atoms with E-state index in [9.17, 15) is 4.79 Å². The Morgan fingerprint density at radius 1 is 1.12 bits per heavy atom. The number of carbonyl (C=O) groups excluding carboxylic acids is 1. The molecule has 3 heterocycles. The Hall–Kier alpha value is -1.43. The molecule has 6 nitrogen and oxygen atoms in total. The maximum absolute atomic E-state index is 12.9. The molecule has 2 unspecified atom stereocenters. The Labute approximate surface area is 144 Å². The van der Waals surface area contributed by atoms with E-state index < -0.39 is 0 Å². The summed E-state index contributed by atoms with van der Waals surface area (Å²) in [6.07, 6.45) is 8.99. The summed E-state index contributed by atoms with van der Waals surface area (Å²) in [5.41, 5.74) is 0. The van der Waals surface area contributed by atoms with E-state index in [0.29, 0.717) is 5.91 Å². The van der Waals surface area contributed by atoms with Crippen molar-refractivity contribution in [1.82, 2.24) is 24.6 Å². The van der Waals surface area contributed by atoms with Crippen molar-refractivity contribution in [3.05, 3.63) is 12.2 Å². The van der Waals surface area contributed by atoms with Gasteiger partial charge >= 0.3 is 0 Å². The van der Waals surface area contributed by atoms with E-state index in [0.717, 1.165) is 63.2 Å². The van der Waals surface area contributed by atoms with E-state index in [2.05, 4.69) is 19.9 Å². The molecule has 0 aromatic carbocycles. The third kappa shape index (κ3) is 3.21. The van der Waals surface area contributed by atoms with Crippen LogP contribution < -0.4 is 0 Å². The van der Waals surface area contributed by atoms with Gasteiger partial charge in [-0.1, -0.05) is 12.8 Å². The number of piperidine rings is 1. The molecule has 1 amide bonds. The summed E-state index contributed by atoms with van der Waals surface area (Å²) in [5, 5.41) is 4.13. The van der Waals surface area contributed by atoms with Gasteiger partial charge in [0, 0.05) is 26.1 Å². The highest BCUT2D eigenvalue weighted by atomic mass is 16.2. The Bertz CT molecular complexity index is 564. The van der Waals surface area contributed by atoms with Gasteiger partial charge in [0.05, 0.1) is 6.54 Å². The van der Waals surface area contributed by atoms with Crippen LogP contribution in [0.4, 0.5) is 0 Å². The molecular weight excluding hydrogens is 302 g/mol. The molecule has 0 N–H and O–H groups in total. The summed E-state index contributed by atoms with van der Waals surface area (Å²) in [6.45, 7) is 4.88. The molecule has 0 radical (unpaired) electrons. The lowest BCUT2D eigenvalue weighted by Gasteiger charge is -2.32. The average Bonchev–Trinajstić information content (AvgIpc) is 3.21. The van der Waals surface area contributed by atoms with Gasteiger partial charge in [-0.05, 0) is 50.6 Å². The maximum Gasteiger partial charge on any atom is 0.225 e. The second kappa shape index (κ2) is 6.82. The van der Waals surface area contributed by atoms with Crippen LogP contribution in [-0.4, -0.2) is 56.7 Å². The van der Waals surface area contributed by atoms with Gasteiger partial charge in [-0.3, -0.25) is 14.4 Å². The number of aryl methyl sites for hydroxylation is 1. The van der Waals surface area contributed by atoms with Gasteiger partial charge in [0.2, 0.25) is 5.91 Å². The zero-order valence-electron chi connectivity index (χ0n) is 14.7. The van der Waals surface area contributed by atoms with Gasteiger partial charge in [0.15, 0.2) is 0 Å². The molecule has 1 aromatic rings. The molecule has 0 bridgehead atoms. The van der Waals surface area contributed by atoms with Gasteiger partial charge < -0.3 is 4.90 Å². The number of hydrogen-bond donors (Lipinski definition) is 0. The van der Waals surface area contributed by atoms with Crippen molar-refractivity contribution < 1.29 is 4.79 Å². The van der Waals surface area contributed by atoms with E-state index in [1.165, 1.54) is 25.7 Å². The zero-order valence-corrected chi connectivity index (χ0v) is 14.7. The monoisotopic (exact) mass is 331 g/mol. The van der Waals surface area contributed by atoms with E-state index >= 15 is 0 Å². The highest BCUT2D eigenvalue weighted by Crippen LogP contribution is 2.37. The quantitative estimate of drug-likeness (QED) is 0.845. The van der Waals surface area contributed by atoms with Gasteiger partial charge in [-0.2, -0.15) is 5.10 Å². The largest absolute Gasteiger partial charge is 0.342 e. The highest BCUT2D eigenvalue weighted by molar-refractivity contribution is 5.79. The van der Waals surface area contributed by atoms with Crippen molar-refractivity contribution in [3.63, 3.8) is 0 Å². The molecule has 1 saturated carbocycles. The minimum Gasteiger partial charge on any atom is -0.342 e. The molecule has 3 fully saturated rings. The van der Waals surface area contributed by atoms with Gasteiger partial charge in [-0.25, -0.2) is 4.98 Å². The Balaban J connectivity index is 1.28. The molecule has 2 saturated heterocycles. The molecule has 2 atom stereocenters. The van der Waals surface area contributed by atoms with Crippen LogP contribution in [0.2, 0.25) is 0 Å². The summed E-state index contributed by atoms with van der Waals surface area (Å²) in [6, 6.07) is 0. The van der Waals surface area contributed by atoms with Crippen molar-refractivity contribution in [2.75, 3.05) is 26.2 Å². The number of hydrogen-bond acceptors (Lipinski definition) is 4. The number of rotatable bonds is 3. The lowest BCUT2D eigenvalue weighted by atomic mass is 9.82. The Morgan fingerprint density at radius 3 is 2.38 bits per heavy atom. The summed E-state index contributed by atoms with van der Waals surface area (Å²) in [4.78, 5) is 21.8. The molecule has 6 heteroatoms. The van der Waals surface area contributed by atoms with Crippen LogP contribution in [0.25, 0.3) is 0 Å². The molecule has 24 heavy (non-hydrogen) atoms. The first-order valence-corrected chi connectivity index (χ1v) is 9.54. The first kappa shape index (κ1) is 16.1. The standard InChI is InChI=1S/C18H29N5O/c1-21-17(19-13-20-21)12-22-8-6-14(7-9-22)18(24)23-10-15-4-2-3-5-16(15)11-23/h13-16H,2-12H2,1H3. The predicted molar refractivity (Wildman–Crippen MR) is 91.0 cm³/mol. The van der Waals surface area contributed by atoms with E-state index in [-0.39, 0.29) is 5.92 Å². The molecule has 3 aliphatic rings. The smallest absolute Gasteiger partial charge is 0.225 e. The van der Waals surface area contributed by atoms with Crippen LogP contribution in [0.1, 0.15) is 44.3 Å². The van der Waals surface area contributed by atoms with Crippen LogP contribution >= 0.6 is 0 Å². The predicted octanol–water partition coefficient (Wildman–Crippen LogP) is 1.68. The average molecular weight is 331 g/mol. The van der Waals surface area contributed by atoms with E-state index in [4.69, 9.17) is 0 Å². The van der Waals surface area contributed by atoms with Crippen LogP contribution in [0, 0.1) is 17.8 Å². The number of nitrogens with zero attached hydrogens (tertiary/aromatic N) is 5. The molecule has 0 spiro atoms. The number of aromatic nitrogens is 3. The minimum absolute atomic E-state index is 0.237. The number of amides is 1. The van der Waals surface area contributed by atoms with Crippen molar-refractivity contribution in [3.8, 4) is 0 Å². The van der Waals surface area contributed by atoms with Crippen molar-refractivity contribution in [2.45, 2.75) is 45.1 Å². The van der Waals surface area contributed by atoms with E-state index in [1.807, 2.05) is 11.7 Å². The Kier molecular flexibility index (Phi) is 4.57. The minimum atomic E-state index is 0.237. The summed E-state index contributed by atoms with van der Waals surface area (Å²) < 4.78 is 1.84. The highest BCUT2D eigenvalue weighted by Gasteiger charge is 2.38. The topological polar surface area (TPSA) is 54.3 Å². The second-order valence-corrected chi connectivity index (χ2v) is 7.90. The second-order valence-electron chi connectivity index (χ2n) is 7.90. The summed E-state index contributed by atoms with van der Waals surface area (Å²) in [7, 11) is 1.94. The normalized spacial score (nSPS) is 29.0. The zero-order chi connectivity index (χ0) is 16.5. The number of fused-ring (bicyclic) bond motifs is 1. The van der Waals surface area contributed by atoms with Gasteiger partial charge in [0.25, 0.3) is 0 Å². The van der Waals surface area contributed by atoms with Crippen LogP contribution in [0.15, 0.2) is 6.33 Å². The molecule has 1 aliphatic carbocycles. The lowest BCUT2D eigenvalue weighted by Crippen LogP contribution is -2.42. The van der Waals surface area contributed by atoms with Crippen molar-refractivity contribution in [2.24, 2.45) is 24.8 Å². The van der Waals surface area contributed by atoms with Gasteiger partial charge in [0.1, 0.15) is 12.2 Å². The fourth-order valence-electron chi connectivity index (χ4n) is 4.85. The molecule has 132 valence electrons. The lowest BCUT2D eigenvalue weighted by molar-refractivity contribution is -0.136. The molecule has 4 rings (SSSR count). The molecule has 2 aliphatic heterocycles. The number of carbonyl (C=O) groups is 1.